The Hall–Kier alpha value is -0.980. The fourth-order valence-electron chi connectivity index (χ4n) is 2.22. The molecule has 0 spiro atoms. The van der Waals surface area contributed by atoms with Crippen LogP contribution in [0.2, 0.25) is 10.0 Å². The molecule has 0 aromatic heterocycles. The largest absolute Gasteiger partial charge is 0.357 e. The molecule has 1 unspecified atom stereocenters. The van der Waals surface area contributed by atoms with E-state index in [0.717, 1.165) is 12.1 Å². The first kappa shape index (κ1) is 23.1. The molecule has 1 aromatic rings. The molecule has 0 heterocycles. The van der Waals surface area contributed by atoms with E-state index in [1.165, 1.54) is 6.26 Å². The van der Waals surface area contributed by atoms with Crippen molar-refractivity contribution in [3.63, 3.8) is 0 Å². The first-order chi connectivity index (χ1) is 11.9. The predicted octanol–water partition coefficient (Wildman–Crippen LogP) is 4.07. The highest BCUT2D eigenvalue weighted by atomic mass is 35.5. The van der Waals surface area contributed by atoms with E-state index in [1.54, 1.807) is 6.07 Å². The summed E-state index contributed by atoms with van der Waals surface area (Å²) < 4.78 is 22.8. The van der Waals surface area contributed by atoms with Crippen LogP contribution in [0.4, 0.5) is 0 Å². The average Bonchev–Trinajstić information content (AvgIpc) is 2.53. The summed E-state index contributed by atoms with van der Waals surface area (Å²) in [5.74, 6) is 0.845. The fourth-order valence-corrected chi connectivity index (χ4v) is 3.45. The number of halogens is 2. The highest BCUT2D eigenvalue weighted by molar-refractivity contribution is 7.90. The summed E-state index contributed by atoms with van der Waals surface area (Å²) in [4.78, 5) is 4.63. The Morgan fingerprint density at radius 3 is 2.46 bits per heavy atom. The molecule has 0 saturated carbocycles. The van der Waals surface area contributed by atoms with Crippen molar-refractivity contribution in [2.75, 3.05) is 25.1 Å². The van der Waals surface area contributed by atoms with Gasteiger partial charge in [-0.05, 0) is 43.4 Å². The van der Waals surface area contributed by atoms with Gasteiger partial charge >= 0.3 is 0 Å². The number of hydrogen-bond donors (Lipinski definition) is 2. The van der Waals surface area contributed by atoms with Gasteiger partial charge in [0, 0.05) is 19.3 Å². The number of rotatable bonds is 8. The second-order valence-corrected chi connectivity index (χ2v) is 10.4. The number of nitrogens with one attached hydrogen (secondary N) is 2. The molecule has 5 nitrogen and oxygen atoms in total. The Kier molecular flexibility index (Phi) is 8.70. The summed E-state index contributed by atoms with van der Waals surface area (Å²) >= 11 is 12.1. The summed E-state index contributed by atoms with van der Waals surface area (Å²) in [6, 6.07) is 5.52. The molecule has 26 heavy (non-hydrogen) atoms. The number of aliphatic imine (C=N–C) groups is 1. The molecule has 0 aliphatic rings. The molecular formula is C18H29Cl2N3O2S. The summed E-state index contributed by atoms with van der Waals surface area (Å²) in [6.45, 7) is 9.30. The Balaban J connectivity index is 2.80. The lowest BCUT2D eigenvalue weighted by atomic mass is 9.90. The van der Waals surface area contributed by atoms with Gasteiger partial charge in [0.1, 0.15) is 9.84 Å². The molecule has 1 aromatic carbocycles. The Bertz CT molecular complexity index is 734. The molecule has 0 aliphatic heterocycles. The van der Waals surface area contributed by atoms with Gasteiger partial charge < -0.3 is 10.6 Å². The Morgan fingerprint density at radius 1 is 1.27 bits per heavy atom. The van der Waals surface area contributed by atoms with Crippen molar-refractivity contribution in [3.8, 4) is 0 Å². The Labute approximate surface area is 167 Å². The maximum atomic E-state index is 11.4. The van der Waals surface area contributed by atoms with Crippen LogP contribution in [-0.4, -0.2) is 39.5 Å². The highest BCUT2D eigenvalue weighted by Crippen LogP contribution is 2.25. The number of nitrogens with zero attached hydrogens (tertiary/aromatic N) is 1. The SMILES string of the molecule is CCNC(=NCC(C)(C)CCS(C)(=O)=O)NC(C)c1ccc(Cl)c(Cl)c1. The van der Waals surface area contributed by atoms with E-state index in [2.05, 4.69) is 15.6 Å². The Morgan fingerprint density at radius 2 is 1.92 bits per heavy atom. The zero-order chi connectivity index (χ0) is 20.0. The quantitative estimate of drug-likeness (QED) is 0.490. The first-order valence-electron chi connectivity index (χ1n) is 8.61. The first-order valence-corrected chi connectivity index (χ1v) is 11.4. The van der Waals surface area contributed by atoms with Gasteiger partial charge in [0.2, 0.25) is 0 Å². The number of benzene rings is 1. The average molecular weight is 422 g/mol. The van der Waals surface area contributed by atoms with Crippen LogP contribution >= 0.6 is 23.2 Å². The summed E-state index contributed by atoms with van der Waals surface area (Å²) in [5, 5.41) is 7.60. The molecule has 8 heteroatoms. The normalized spacial score (nSPS) is 14.2. The third-order valence-corrected chi connectivity index (χ3v) is 5.64. The monoisotopic (exact) mass is 421 g/mol. The molecule has 0 bridgehead atoms. The van der Waals surface area contributed by atoms with Gasteiger partial charge in [0.05, 0.1) is 21.8 Å². The van der Waals surface area contributed by atoms with Crippen molar-refractivity contribution < 1.29 is 8.42 Å². The van der Waals surface area contributed by atoms with Gasteiger partial charge in [0.25, 0.3) is 0 Å². The number of sulfone groups is 1. The van der Waals surface area contributed by atoms with Crippen molar-refractivity contribution in [2.24, 2.45) is 10.4 Å². The molecule has 0 fully saturated rings. The lowest BCUT2D eigenvalue weighted by molar-refractivity contribution is 0.365. The molecule has 148 valence electrons. The molecule has 2 N–H and O–H groups in total. The fraction of sp³-hybridized carbons (Fsp3) is 0.611. The molecule has 0 aliphatic carbocycles. The van der Waals surface area contributed by atoms with Gasteiger partial charge in [-0.3, -0.25) is 4.99 Å². The van der Waals surface area contributed by atoms with Crippen LogP contribution in [0.15, 0.2) is 23.2 Å². The van der Waals surface area contributed by atoms with Crippen LogP contribution in [0, 0.1) is 5.41 Å². The van der Waals surface area contributed by atoms with Gasteiger partial charge in [-0.15, -0.1) is 0 Å². The van der Waals surface area contributed by atoms with Crippen LogP contribution < -0.4 is 10.6 Å². The predicted molar refractivity (Wildman–Crippen MR) is 112 cm³/mol. The van der Waals surface area contributed by atoms with E-state index in [9.17, 15) is 8.42 Å². The summed E-state index contributed by atoms with van der Waals surface area (Å²) in [5.41, 5.74) is 0.791. The maximum absolute atomic E-state index is 11.4. The molecule has 1 rings (SSSR count). The molecule has 1 atom stereocenters. The topological polar surface area (TPSA) is 70.6 Å². The third-order valence-electron chi connectivity index (χ3n) is 3.96. The van der Waals surface area contributed by atoms with Crippen LogP contribution in [-0.2, 0) is 9.84 Å². The lowest BCUT2D eigenvalue weighted by Gasteiger charge is -2.24. The standard InChI is InChI=1S/C18H29Cl2N3O2S/c1-6-21-17(22-12-18(3,4)9-10-26(5,24)25)23-13(2)14-7-8-15(19)16(20)11-14/h7-8,11,13H,6,9-10,12H2,1-5H3,(H2,21,22,23). The minimum atomic E-state index is -2.97. The smallest absolute Gasteiger partial charge is 0.191 e. The zero-order valence-corrected chi connectivity index (χ0v) is 18.4. The van der Waals surface area contributed by atoms with E-state index in [1.807, 2.05) is 39.8 Å². The highest BCUT2D eigenvalue weighted by Gasteiger charge is 2.20. The molecule has 0 saturated heterocycles. The second kappa shape index (κ2) is 9.81. The second-order valence-electron chi connectivity index (χ2n) is 7.28. The summed E-state index contributed by atoms with van der Waals surface area (Å²) in [7, 11) is -2.97. The van der Waals surface area contributed by atoms with E-state index >= 15 is 0 Å². The minimum Gasteiger partial charge on any atom is -0.357 e. The number of hydrogen-bond acceptors (Lipinski definition) is 3. The third kappa shape index (κ3) is 8.60. The van der Waals surface area contributed by atoms with Gasteiger partial charge in [-0.25, -0.2) is 8.42 Å². The maximum Gasteiger partial charge on any atom is 0.191 e. The van der Waals surface area contributed by atoms with Gasteiger partial charge in [-0.1, -0.05) is 43.1 Å². The lowest BCUT2D eigenvalue weighted by Crippen LogP contribution is -2.39. The number of guanidine groups is 1. The van der Waals surface area contributed by atoms with Crippen molar-refractivity contribution >= 4 is 39.0 Å². The van der Waals surface area contributed by atoms with E-state index < -0.39 is 9.84 Å². The van der Waals surface area contributed by atoms with Crippen molar-refractivity contribution in [1.29, 1.82) is 0 Å². The van der Waals surface area contributed by atoms with E-state index in [4.69, 9.17) is 23.2 Å². The minimum absolute atomic E-state index is 0.0123. The molecule has 0 amide bonds. The van der Waals surface area contributed by atoms with Crippen molar-refractivity contribution in [2.45, 2.75) is 40.2 Å². The summed E-state index contributed by atoms with van der Waals surface area (Å²) in [6.07, 6.45) is 1.83. The van der Waals surface area contributed by atoms with Crippen molar-refractivity contribution in [1.82, 2.24) is 10.6 Å². The zero-order valence-electron chi connectivity index (χ0n) is 16.1. The van der Waals surface area contributed by atoms with Crippen molar-refractivity contribution in [3.05, 3.63) is 33.8 Å². The van der Waals surface area contributed by atoms with E-state index in [-0.39, 0.29) is 17.2 Å². The van der Waals surface area contributed by atoms with E-state index in [0.29, 0.717) is 29.0 Å². The van der Waals surface area contributed by atoms with Crippen LogP contribution in [0.5, 0.6) is 0 Å². The molecule has 0 radical (unpaired) electrons. The van der Waals surface area contributed by atoms with Crippen LogP contribution in [0.25, 0.3) is 0 Å². The molecular weight excluding hydrogens is 393 g/mol. The van der Waals surface area contributed by atoms with Crippen LogP contribution in [0.3, 0.4) is 0 Å². The van der Waals surface area contributed by atoms with Gasteiger partial charge in [0.15, 0.2) is 5.96 Å². The van der Waals surface area contributed by atoms with Crippen LogP contribution in [0.1, 0.15) is 45.7 Å². The van der Waals surface area contributed by atoms with Gasteiger partial charge in [-0.2, -0.15) is 0 Å².